The average molecular weight is 396 g/mol. The van der Waals surface area contributed by atoms with Crippen molar-refractivity contribution in [3.63, 3.8) is 0 Å². The predicted molar refractivity (Wildman–Crippen MR) is 94.1 cm³/mol. The number of benzene rings is 2. The Morgan fingerprint density at radius 3 is 2.39 bits per heavy atom. The Kier molecular flexibility index (Phi) is 5.23. The van der Waals surface area contributed by atoms with E-state index in [1.165, 1.54) is 24.3 Å². The Hall–Kier alpha value is -2.12. The van der Waals surface area contributed by atoms with Crippen LogP contribution in [0.3, 0.4) is 0 Å². The van der Waals surface area contributed by atoms with E-state index < -0.39 is 10.0 Å². The van der Waals surface area contributed by atoms with E-state index in [1.54, 1.807) is 30.3 Å². The summed E-state index contributed by atoms with van der Waals surface area (Å²) in [4.78, 5) is 12.1. The van der Waals surface area contributed by atoms with E-state index in [0.717, 1.165) is 11.8 Å². The number of sulfonamides is 1. The summed E-state index contributed by atoms with van der Waals surface area (Å²) in [7, 11) is -3.34. The zero-order valence-electron chi connectivity index (χ0n) is 12.2. The van der Waals surface area contributed by atoms with Crippen LogP contribution in [0.5, 0.6) is 5.75 Å². The first-order valence-electron chi connectivity index (χ1n) is 6.53. The Morgan fingerprint density at radius 2 is 1.83 bits per heavy atom. The third-order valence-electron chi connectivity index (χ3n) is 2.87. The van der Waals surface area contributed by atoms with Gasteiger partial charge >= 0.3 is 0 Å². The van der Waals surface area contributed by atoms with Crippen LogP contribution >= 0.6 is 15.9 Å². The monoisotopic (exact) mass is 395 g/mol. The standard InChI is InChI=1S/C16H14BrNO4S/c1-23(21,22)18-13-6-4-12(5-7-13)15(19)8-2-11-3-9-16(20)14(17)10-11/h2-10,18,20H,1H3/b8-2+. The molecule has 0 bridgehead atoms. The Bertz CT molecular complexity index is 858. The van der Waals surface area contributed by atoms with Gasteiger partial charge in [-0.1, -0.05) is 12.1 Å². The van der Waals surface area contributed by atoms with Gasteiger partial charge in [-0.05, 0) is 64.0 Å². The number of carbonyl (C=O) groups is 1. The van der Waals surface area contributed by atoms with Gasteiger partial charge in [0.25, 0.3) is 0 Å². The third kappa shape index (κ3) is 5.22. The maximum absolute atomic E-state index is 12.1. The number of aromatic hydroxyl groups is 1. The fraction of sp³-hybridized carbons (Fsp3) is 0.0625. The Labute approximate surface area is 142 Å². The number of phenolic OH excluding ortho intramolecular Hbond substituents is 1. The maximum atomic E-state index is 12.1. The molecule has 2 aromatic carbocycles. The lowest BCUT2D eigenvalue weighted by Crippen LogP contribution is -2.09. The summed E-state index contributed by atoms with van der Waals surface area (Å²) in [6, 6.07) is 11.1. The lowest BCUT2D eigenvalue weighted by atomic mass is 10.1. The summed E-state index contributed by atoms with van der Waals surface area (Å²) in [5, 5.41) is 9.42. The largest absolute Gasteiger partial charge is 0.507 e. The minimum absolute atomic E-state index is 0.127. The summed E-state index contributed by atoms with van der Waals surface area (Å²) in [6.45, 7) is 0. The number of rotatable bonds is 5. The normalized spacial score (nSPS) is 11.6. The van der Waals surface area contributed by atoms with Gasteiger partial charge in [0.2, 0.25) is 10.0 Å². The van der Waals surface area contributed by atoms with Gasteiger partial charge in [0.05, 0.1) is 10.7 Å². The van der Waals surface area contributed by atoms with Gasteiger partial charge in [-0.2, -0.15) is 0 Å². The zero-order chi connectivity index (χ0) is 17.0. The molecule has 0 spiro atoms. The number of anilines is 1. The molecule has 120 valence electrons. The van der Waals surface area contributed by atoms with E-state index in [2.05, 4.69) is 20.7 Å². The Morgan fingerprint density at radius 1 is 1.17 bits per heavy atom. The SMILES string of the molecule is CS(=O)(=O)Nc1ccc(C(=O)/C=C/c2ccc(O)c(Br)c2)cc1. The van der Waals surface area contributed by atoms with E-state index in [0.29, 0.717) is 15.7 Å². The predicted octanol–water partition coefficient (Wildman–Crippen LogP) is 3.42. The van der Waals surface area contributed by atoms with Crippen LogP contribution < -0.4 is 4.72 Å². The number of hydrogen-bond acceptors (Lipinski definition) is 4. The molecule has 0 aliphatic rings. The van der Waals surface area contributed by atoms with Crippen LogP contribution in [0.25, 0.3) is 6.08 Å². The second-order valence-electron chi connectivity index (χ2n) is 4.86. The highest BCUT2D eigenvalue weighted by Crippen LogP contribution is 2.24. The fourth-order valence-corrected chi connectivity index (χ4v) is 2.77. The summed E-state index contributed by atoms with van der Waals surface area (Å²) in [5.74, 6) is -0.0810. The van der Waals surface area contributed by atoms with Crippen molar-refractivity contribution in [3.05, 3.63) is 64.1 Å². The van der Waals surface area contributed by atoms with Crippen molar-refractivity contribution in [2.45, 2.75) is 0 Å². The molecule has 0 unspecified atom stereocenters. The molecular weight excluding hydrogens is 382 g/mol. The molecule has 2 aromatic rings. The highest BCUT2D eigenvalue weighted by molar-refractivity contribution is 9.10. The van der Waals surface area contributed by atoms with Crippen LogP contribution in [0.15, 0.2) is 53.0 Å². The number of allylic oxidation sites excluding steroid dienone is 1. The molecule has 7 heteroatoms. The molecule has 0 saturated carbocycles. The van der Waals surface area contributed by atoms with Crippen LogP contribution in [0.1, 0.15) is 15.9 Å². The zero-order valence-corrected chi connectivity index (χ0v) is 14.6. The summed E-state index contributed by atoms with van der Waals surface area (Å²) in [6.07, 6.45) is 4.11. The van der Waals surface area contributed by atoms with Crippen LogP contribution in [0.2, 0.25) is 0 Å². The molecule has 2 rings (SSSR count). The van der Waals surface area contributed by atoms with Crippen LogP contribution in [-0.4, -0.2) is 25.6 Å². The summed E-state index contributed by atoms with van der Waals surface area (Å²) in [5.41, 5.74) is 1.60. The molecule has 2 N–H and O–H groups in total. The minimum Gasteiger partial charge on any atom is -0.507 e. The summed E-state index contributed by atoms with van der Waals surface area (Å²) < 4.78 is 25.1. The summed E-state index contributed by atoms with van der Waals surface area (Å²) >= 11 is 3.20. The van der Waals surface area contributed by atoms with Crippen molar-refractivity contribution in [2.75, 3.05) is 11.0 Å². The fourth-order valence-electron chi connectivity index (χ4n) is 1.81. The molecule has 23 heavy (non-hydrogen) atoms. The number of halogens is 1. The van der Waals surface area contributed by atoms with E-state index in [4.69, 9.17) is 0 Å². The first-order chi connectivity index (χ1) is 10.7. The van der Waals surface area contributed by atoms with Gasteiger partial charge in [-0.25, -0.2) is 8.42 Å². The van der Waals surface area contributed by atoms with Gasteiger partial charge in [-0.3, -0.25) is 9.52 Å². The second-order valence-corrected chi connectivity index (χ2v) is 7.46. The van der Waals surface area contributed by atoms with Gasteiger partial charge in [0.1, 0.15) is 5.75 Å². The molecule has 0 heterocycles. The van der Waals surface area contributed by atoms with Gasteiger partial charge in [-0.15, -0.1) is 0 Å². The molecule has 0 aliphatic heterocycles. The minimum atomic E-state index is -3.34. The molecule has 0 amide bonds. The second kappa shape index (κ2) is 6.97. The first kappa shape index (κ1) is 17.2. The smallest absolute Gasteiger partial charge is 0.229 e. The lowest BCUT2D eigenvalue weighted by Gasteiger charge is -2.04. The first-order valence-corrected chi connectivity index (χ1v) is 9.22. The van der Waals surface area contributed by atoms with Gasteiger partial charge in [0, 0.05) is 11.3 Å². The van der Waals surface area contributed by atoms with Crippen LogP contribution in [0, 0.1) is 0 Å². The van der Waals surface area contributed by atoms with Crippen molar-refractivity contribution in [1.82, 2.24) is 0 Å². The molecule has 0 radical (unpaired) electrons. The number of carbonyl (C=O) groups excluding carboxylic acids is 1. The molecule has 5 nitrogen and oxygen atoms in total. The molecule has 0 aromatic heterocycles. The van der Waals surface area contributed by atoms with E-state index in [9.17, 15) is 18.3 Å². The van der Waals surface area contributed by atoms with Crippen LogP contribution in [0.4, 0.5) is 5.69 Å². The van der Waals surface area contributed by atoms with Crippen molar-refractivity contribution >= 4 is 43.5 Å². The molecule has 0 aliphatic carbocycles. The average Bonchev–Trinajstić information content (AvgIpc) is 2.47. The van der Waals surface area contributed by atoms with E-state index in [1.807, 2.05) is 0 Å². The molecule has 0 saturated heterocycles. The van der Waals surface area contributed by atoms with Crippen molar-refractivity contribution < 1.29 is 18.3 Å². The number of hydrogen-bond donors (Lipinski definition) is 2. The molecule has 0 atom stereocenters. The van der Waals surface area contributed by atoms with Gasteiger partial charge in [0.15, 0.2) is 5.78 Å². The van der Waals surface area contributed by atoms with Crippen LogP contribution in [-0.2, 0) is 10.0 Å². The topological polar surface area (TPSA) is 83.5 Å². The van der Waals surface area contributed by atoms with E-state index in [-0.39, 0.29) is 11.5 Å². The molecule has 0 fully saturated rings. The number of ketones is 1. The Balaban J connectivity index is 2.11. The van der Waals surface area contributed by atoms with E-state index >= 15 is 0 Å². The highest BCUT2D eigenvalue weighted by atomic mass is 79.9. The molecular formula is C16H14BrNO4S. The third-order valence-corrected chi connectivity index (χ3v) is 4.11. The number of phenols is 1. The highest BCUT2D eigenvalue weighted by Gasteiger charge is 2.05. The van der Waals surface area contributed by atoms with Gasteiger partial charge < -0.3 is 5.11 Å². The van der Waals surface area contributed by atoms with Crippen molar-refractivity contribution in [2.24, 2.45) is 0 Å². The maximum Gasteiger partial charge on any atom is 0.229 e. The van der Waals surface area contributed by atoms with Crippen molar-refractivity contribution in [3.8, 4) is 5.75 Å². The lowest BCUT2D eigenvalue weighted by molar-refractivity contribution is 0.104. The van der Waals surface area contributed by atoms with Crippen molar-refractivity contribution in [1.29, 1.82) is 0 Å². The number of nitrogens with one attached hydrogen (secondary N) is 1. The quantitative estimate of drug-likeness (QED) is 0.599.